The molecule has 1 aromatic heterocycles. The highest BCUT2D eigenvalue weighted by molar-refractivity contribution is 8.00. The first-order chi connectivity index (χ1) is 9.24. The molecule has 5 heteroatoms. The van der Waals surface area contributed by atoms with E-state index in [1.165, 1.54) is 11.8 Å². The van der Waals surface area contributed by atoms with E-state index in [0.29, 0.717) is 17.3 Å². The van der Waals surface area contributed by atoms with Gasteiger partial charge in [-0.15, -0.1) is 11.8 Å². The molecule has 2 aromatic rings. The fraction of sp³-hybridized carbons (Fsp3) is 0.143. The molecule has 0 bridgehead atoms. The van der Waals surface area contributed by atoms with Crippen molar-refractivity contribution in [1.82, 2.24) is 10.3 Å². The molecule has 98 valence electrons. The number of thioether (sulfide) groups is 1. The quantitative estimate of drug-likeness (QED) is 0.861. The highest BCUT2D eigenvalue weighted by Gasteiger charge is 2.03. The van der Waals surface area contributed by atoms with Crippen LogP contribution in [0.4, 0.5) is 0 Å². The maximum atomic E-state index is 11.7. The molecule has 1 N–H and O–H groups in total. The van der Waals surface area contributed by atoms with Gasteiger partial charge in [0, 0.05) is 16.1 Å². The predicted octanol–water partition coefficient (Wildman–Crippen LogP) is 3.14. The first-order valence-corrected chi connectivity index (χ1v) is 7.15. The van der Waals surface area contributed by atoms with E-state index in [2.05, 4.69) is 10.3 Å². The molecule has 0 saturated carbocycles. The number of carbonyl (C=O) groups is 1. The third-order valence-electron chi connectivity index (χ3n) is 2.38. The van der Waals surface area contributed by atoms with Crippen molar-refractivity contribution in [2.75, 3.05) is 5.75 Å². The van der Waals surface area contributed by atoms with Crippen molar-refractivity contribution in [3.05, 3.63) is 59.4 Å². The number of benzene rings is 1. The number of rotatable bonds is 5. The van der Waals surface area contributed by atoms with Crippen LogP contribution in [0.2, 0.25) is 5.02 Å². The monoisotopic (exact) mass is 292 g/mol. The molecule has 1 amide bonds. The molecule has 0 saturated heterocycles. The number of hydrogen-bond acceptors (Lipinski definition) is 3. The van der Waals surface area contributed by atoms with E-state index in [0.717, 1.165) is 10.6 Å². The average Bonchev–Trinajstić information content (AvgIpc) is 2.45. The van der Waals surface area contributed by atoms with Crippen LogP contribution in [0.25, 0.3) is 0 Å². The number of halogens is 1. The molecule has 3 nitrogen and oxygen atoms in total. The standard InChI is InChI=1S/C14H13ClN2OS/c15-11-4-6-13(7-5-11)19-10-14(18)17-9-12-3-1-2-8-16-12/h1-8H,9-10H2,(H,17,18). The number of pyridine rings is 1. The van der Waals surface area contributed by atoms with Gasteiger partial charge in [0.1, 0.15) is 0 Å². The SMILES string of the molecule is O=C(CSc1ccc(Cl)cc1)NCc1ccccn1. The van der Waals surface area contributed by atoms with Gasteiger partial charge in [-0.05, 0) is 36.4 Å². The highest BCUT2D eigenvalue weighted by atomic mass is 35.5. The van der Waals surface area contributed by atoms with Gasteiger partial charge in [0.15, 0.2) is 0 Å². The van der Waals surface area contributed by atoms with Crippen LogP contribution in [0.1, 0.15) is 5.69 Å². The Morgan fingerprint density at radius 2 is 2.00 bits per heavy atom. The van der Waals surface area contributed by atoms with Crippen molar-refractivity contribution in [2.24, 2.45) is 0 Å². The Balaban J connectivity index is 1.74. The van der Waals surface area contributed by atoms with E-state index in [-0.39, 0.29) is 5.91 Å². The minimum absolute atomic E-state index is 0.00870. The summed E-state index contributed by atoms with van der Waals surface area (Å²) < 4.78 is 0. The lowest BCUT2D eigenvalue weighted by atomic mass is 10.3. The Kier molecular flexibility index (Phi) is 5.24. The molecule has 1 heterocycles. The molecule has 19 heavy (non-hydrogen) atoms. The zero-order valence-corrected chi connectivity index (χ0v) is 11.7. The Hall–Kier alpha value is -1.52. The summed E-state index contributed by atoms with van der Waals surface area (Å²) in [5.74, 6) is 0.375. The van der Waals surface area contributed by atoms with Gasteiger partial charge in [-0.2, -0.15) is 0 Å². The maximum absolute atomic E-state index is 11.7. The summed E-state index contributed by atoms with van der Waals surface area (Å²) >= 11 is 7.28. The molecule has 2 rings (SSSR count). The summed E-state index contributed by atoms with van der Waals surface area (Å²) in [6.07, 6.45) is 1.71. The molecule has 1 aromatic carbocycles. The van der Waals surface area contributed by atoms with Crippen LogP contribution in [0.15, 0.2) is 53.6 Å². The van der Waals surface area contributed by atoms with Crippen molar-refractivity contribution < 1.29 is 4.79 Å². The van der Waals surface area contributed by atoms with Crippen LogP contribution in [-0.2, 0) is 11.3 Å². The molecule has 0 atom stereocenters. The first-order valence-electron chi connectivity index (χ1n) is 5.79. The molecular weight excluding hydrogens is 280 g/mol. The van der Waals surface area contributed by atoms with Crippen molar-refractivity contribution in [3.63, 3.8) is 0 Å². The van der Waals surface area contributed by atoms with E-state index >= 15 is 0 Å². The molecule has 0 fully saturated rings. The van der Waals surface area contributed by atoms with Gasteiger partial charge in [-0.3, -0.25) is 9.78 Å². The van der Waals surface area contributed by atoms with Crippen LogP contribution in [-0.4, -0.2) is 16.6 Å². The van der Waals surface area contributed by atoms with Gasteiger partial charge in [0.05, 0.1) is 18.0 Å². The predicted molar refractivity (Wildman–Crippen MR) is 78.3 cm³/mol. The summed E-state index contributed by atoms with van der Waals surface area (Å²) in [6, 6.07) is 13.1. The number of amides is 1. The lowest BCUT2D eigenvalue weighted by molar-refractivity contribution is -0.118. The van der Waals surface area contributed by atoms with E-state index in [1.807, 2.05) is 42.5 Å². The van der Waals surface area contributed by atoms with Gasteiger partial charge in [-0.25, -0.2) is 0 Å². The van der Waals surface area contributed by atoms with Crippen molar-refractivity contribution in [1.29, 1.82) is 0 Å². The Morgan fingerprint density at radius 3 is 2.68 bits per heavy atom. The van der Waals surface area contributed by atoms with Crippen LogP contribution < -0.4 is 5.32 Å². The Bertz CT molecular complexity index is 531. The largest absolute Gasteiger partial charge is 0.350 e. The van der Waals surface area contributed by atoms with E-state index in [4.69, 9.17) is 11.6 Å². The molecule has 0 unspecified atom stereocenters. The molecule has 0 aliphatic heterocycles. The van der Waals surface area contributed by atoms with Crippen LogP contribution in [0, 0.1) is 0 Å². The van der Waals surface area contributed by atoms with Gasteiger partial charge in [-0.1, -0.05) is 17.7 Å². The van der Waals surface area contributed by atoms with Gasteiger partial charge in [0.25, 0.3) is 0 Å². The van der Waals surface area contributed by atoms with E-state index in [1.54, 1.807) is 6.20 Å². The fourth-order valence-electron chi connectivity index (χ4n) is 1.42. The number of nitrogens with one attached hydrogen (secondary N) is 1. The lowest BCUT2D eigenvalue weighted by Crippen LogP contribution is -2.24. The van der Waals surface area contributed by atoms with Crippen molar-refractivity contribution >= 4 is 29.3 Å². The fourth-order valence-corrected chi connectivity index (χ4v) is 2.28. The number of carbonyl (C=O) groups excluding carboxylic acids is 1. The number of nitrogens with zero attached hydrogens (tertiary/aromatic N) is 1. The topological polar surface area (TPSA) is 42.0 Å². The minimum Gasteiger partial charge on any atom is -0.350 e. The van der Waals surface area contributed by atoms with Crippen LogP contribution in [0.5, 0.6) is 0 Å². The number of hydrogen-bond donors (Lipinski definition) is 1. The summed E-state index contributed by atoms with van der Waals surface area (Å²) in [6.45, 7) is 0.459. The maximum Gasteiger partial charge on any atom is 0.230 e. The highest BCUT2D eigenvalue weighted by Crippen LogP contribution is 2.19. The van der Waals surface area contributed by atoms with Crippen molar-refractivity contribution in [2.45, 2.75) is 11.4 Å². The van der Waals surface area contributed by atoms with Crippen molar-refractivity contribution in [3.8, 4) is 0 Å². The van der Waals surface area contributed by atoms with E-state index < -0.39 is 0 Å². The first kappa shape index (κ1) is 13.9. The zero-order chi connectivity index (χ0) is 13.5. The molecule has 0 spiro atoms. The normalized spacial score (nSPS) is 10.2. The van der Waals surface area contributed by atoms with Crippen LogP contribution >= 0.6 is 23.4 Å². The van der Waals surface area contributed by atoms with Gasteiger partial charge in [0.2, 0.25) is 5.91 Å². The third kappa shape index (κ3) is 4.93. The summed E-state index contributed by atoms with van der Waals surface area (Å²) in [7, 11) is 0. The zero-order valence-electron chi connectivity index (χ0n) is 10.2. The summed E-state index contributed by atoms with van der Waals surface area (Å²) in [4.78, 5) is 16.8. The second kappa shape index (κ2) is 7.16. The Morgan fingerprint density at radius 1 is 1.21 bits per heavy atom. The average molecular weight is 293 g/mol. The lowest BCUT2D eigenvalue weighted by Gasteiger charge is -2.04. The van der Waals surface area contributed by atoms with E-state index in [9.17, 15) is 4.79 Å². The summed E-state index contributed by atoms with van der Waals surface area (Å²) in [5, 5.41) is 3.53. The van der Waals surface area contributed by atoms with Crippen LogP contribution in [0.3, 0.4) is 0 Å². The molecule has 0 aliphatic rings. The molecular formula is C14H13ClN2OS. The second-order valence-electron chi connectivity index (χ2n) is 3.84. The minimum atomic E-state index is -0.00870. The number of aromatic nitrogens is 1. The summed E-state index contributed by atoms with van der Waals surface area (Å²) in [5.41, 5.74) is 0.854. The molecule has 0 aliphatic carbocycles. The third-order valence-corrected chi connectivity index (χ3v) is 3.64. The van der Waals surface area contributed by atoms with Gasteiger partial charge < -0.3 is 5.32 Å². The molecule has 0 radical (unpaired) electrons. The smallest absolute Gasteiger partial charge is 0.230 e. The Labute approximate surface area is 121 Å². The second-order valence-corrected chi connectivity index (χ2v) is 5.33. The van der Waals surface area contributed by atoms with Gasteiger partial charge >= 0.3 is 0 Å².